The number of hydrogen-bond donors (Lipinski definition) is 1. The first-order valence-electron chi connectivity index (χ1n) is 8.98. The molecule has 2 fully saturated rings. The van der Waals surface area contributed by atoms with Crippen molar-refractivity contribution in [2.24, 2.45) is 11.8 Å². The zero-order valence-corrected chi connectivity index (χ0v) is 14.4. The molecule has 0 saturated heterocycles. The Labute approximate surface area is 143 Å². The molecule has 128 valence electrons. The summed E-state index contributed by atoms with van der Waals surface area (Å²) >= 11 is 0. The number of carbonyl (C=O) groups is 1. The van der Waals surface area contributed by atoms with E-state index in [0.29, 0.717) is 18.4 Å². The highest BCUT2D eigenvalue weighted by Gasteiger charge is 2.41. The summed E-state index contributed by atoms with van der Waals surface area (Å²) in [5, 5.41) is 3.39. The third-order valence-corrected chi connectivity index (χ3v) is 5.88. The van der Waals surface area contributed by atoms with Crippen molar-refractivity contribution in [3.63, 3.8) is 0 Å². The standard InChI is InChI=1S/C20H25NO3/c1-12-16(6-7-17(12)22)21-15-5-8-18(23-2)20(11-15)24-19-10-13-3-4-14(19)9-13/h5,8,11,13-14,19,21H,3-4,6-7,9-10H2,1-2H3. The number of Topliss-reactive ketones (excluding diaryl/α,β-unsaturated/α-hetero) is 1. The molecule has 3 aliphatic carbocycles. The van der Waals surface area contributed by atoms with Gasteiger partial charge in [0.25, 0.3) is 0 Å². The number of benzene rings is 1. The average Bonchev–Trinajstić information content (AvgIpc) is 3.28. The Morgan fingerprint density at radius 3 is 2.62 bits per heavy atom. The van der Waals surface area contributed by atoms with E-state index in [0.717, 1.165) is 40.8 Å². The summed E-state index contributed by atoms with van der Waals surface area (Å²) < 4.78 is 11.8. The molecule has 0 spiro atoms. The van der Waals surface area contributed by atoms with Gasteiger partial charge in [-0.2, -0.15) is 0 Å². The number of hydrogen-bond acceptors (Lipinski definition) is 4. The quantitative estimate of drug-likeness (QED) is 0.875. The molecule has 0 heterocycles. The van der Waals surface area contributed by atoms with Crippen molar-refractivity contribution >= 4 is 11.5 Å². The van der Waals surface area contributed by atoms with Crippen LogP contribution < -0.4 is 14.8 Å². The summed E-state index contributed by atoms with van der Waals surface area (Å²) in [4.78, 5) is 11.7. The summed E-state index contributed by atoms with van der Waals surface area (Å²) in [6.45, 7) is 1.90. The van der Waals surface area contributed by atoms with Crippen LogP contribution in [0.3, 0.4) is 0 Å². The SMILES string of the molecule is COc1ccc(NC2=C(C)C(=O)CC2)cc1OC1CC2CCC1C2. The molecule has 0 aromatic heterocycles. The van der Waals surface area contributed by atoms with Gasteiger partial charge in [0.15, 0.2) is 17.3 Å². The molecule has 1 aromatic rings. The number of carbonyl (C=O) groups excluding carboxylic acids is 1. The molecule has 24 heavy (non-hydrogen) atoms. The number of allylic oxidation sites excluding steroid dienone is 2. The molecule has 3 aliphatic rings. The number of nitrogens with one attached hydrogen (secondary N) is 1. The minimum atomic E-state index is 0.240. The second-order valence-electron chi connectivity index (χ2n) is 7.35. The van der Waals surface area contributed by atoms with Crippen LogP contribution in [0, 0.1) is 11.8 Å². The van der Waals surface area contributed by atoms with Gasteiger partial charge in [0, 0.05) is 29.4 Å². The van der Waals surface area contributed by atoms with Crippen LogP contribution in [0.15, 0.2) is 29.5 Å². The van der Waals surface area contributed by atoms with E-state index >= 15 is 0 Å². The van der Waals surface area contributed by atoms with E-state index in [-0.39, 0.29) is 5.78 Å². The number of ketones is 1. The van der Waals surface area contributed by atoms with Crippen LogP contribution in [-0.2, 0) is 4.79 Å². The Hall–Kier alpha value is -1.97. The van der Waals surface area contributed by atoms with E-state index < -0.39 is 0 Å². The smallest absolute Gasteiger partial charge is 0.163 e. The average molecular weight is 327 g/mol. The second kappa shape index (κ2) is 6.15. The third-order valence-electron chi connectivity index (χ3n) is 5.88. The van der Waals surface area contributed by atoms with Gasteiger partial charge in [-0.3, -0.25) is 4.79 Å². The fraction of sp³-hybridized carbons (Fsp3) is 0.550. The molecular weight excluding hydrogens is 302 g/mol. The predicted molar refractivity (Wildman–Crippen MR) is 93.4 cm³/mol. The van der Waals surface area contributed by atoms with Gasteiger partial charge in [-0.1, -0.05) is 0 Å². The van der Waals surface area contributed by atoms with Crippen molar-refractivity contribution < 1.29 is 14.3 Å². The van der Waals surface area contributed by atoms with Crippen LogP contribution in [0.25, 0.3) is 0 Å². The molecule has 2 bridgehead atoms. The van der Waals surface area contributed by atoms with Crippen LogP contribution in [0.1, 0.15) is 45.4 Å². The van der Waals surface area contributed by atoms with E-state index in [9.17, 15) is 4.79 Å². The highest BCUT2D eigenvalue weighted by molar-refractivity contribution is 5.98. The van der Waals surface area contributed by atoms with E-state index in [1.165, 1.54) is 25.7 Å². The van der Waals surface area contributed by atoms with Gasteiger partial charge in [-0.05, 0) is 63.0 Å². The van der Waals surface area contributed by atoms with E-state index in [2.05, 4.69) is 5.32 Å². The van der Waals surface area contributed by atoms with Crippen LogP contribution >= 0.6 is 0 Å². The van der Waals surface area contributed by atoms with Crippen molar-refractivity contribution in [3.8, 4) is 11.5 Å². The maximum Gasteiger partial charge on any atom is 0.163 e. The summed E-state index contributed by atoms with van der Waals surface area (Å²) in [5.74, 6) is 3.38. The molecule has 3 unspecified atom stereocenters. The highest BCUT2D eigenvalue weighted by atomic mass is 16.5. The molecule has 2 saturated carbocycles. The number of rotatable bonds is 5. The zero-order chi connectivity index (χ0) is 16.7. The van der Waals surface area contributed by atoms with Gasteiger partial charge in [0.2, 0.25) is 0 Å². The topological polar surface area (TPSA) is 47.6 Å². The largest absolute Gasteiger partial charge is 0.493 e. The normalized spacial score (nSPS) is 28.6. The Morgan fingerprint density at radius 2 is 2.00 bits per heavy atom. The number of anilines is 1. The monoisotopic (exact) mass is 327 g/mol. The maximum atomic E-state index is 11.7. The maximum absolute atomic E-state index is 11.7. The van der Waals surface area contributed by atoms with Crippen LogP contribution in [-0.4, -0.2) is 19.0 Å². The van der Waals surface area contributed by atoms with E-state index in [4.69, 9.17) is 9.47 Å². The lowest BCUT2D eigenvalue weighted by Gasteiger charge is -2.24. The second-order valence-corrected chi connectivity index (χ2v) is 7.35. The van der Waals surface area contributed by atoms with E-state index in [1.54, 1.807) is 7.11 Å². The number of ether oxygens (including phenoxy) is 2. The van der Waals surface area contributed by atoms with Crippen molar-refractivity contribution in [1.29, 1.82) is 0 Å². The Bertz CT molecular complexity index is 694. The zero-order valence-electron chi connectivity index (χ0n) is 14.4. The van der Waals surface area contributed by atoms with Gasteiger partial charge < -0.3 is 14.8 Å². The van der Waals surface area contributed by atoms with Gasteiger partial charge >= 0.3 is 0 Å². The molecule has 4 rings (SSSR count). The van der Waals surface area contributed by atoms with Crippen LogP contribution in [0.2, 0.25) is 0 Å². The molecular formula is C20H25NO3. The van der Waals surface area contributed by atoms with Crippen molar-refractivity contribution in [1.82, 2.24) is 0 Å². The molecule has 1 N–H and O–H groups in total. The molecule has 1 aromatic carbocycles. The lowest BCUT2D eigenvalue weighted by atomic mass is 9.98. The molecule has 0 aliphatic heterocycles. The van der Waals surface area contributed by atoms with Gasteiger partial charge in [-0.25, -0.2) is 0 Å². The lowest BCUT2D eigenvalue weighted by molar-refractivity contribution is -0.114. The highest BCUT2D eigenvalue weighted by Crippen LogP contribution is 2.47. The van der Waals surface area contributed by atoms with Crippen LogP contribution in [0.5, 0.6) is 11.5 Å². The Balaban J connectivity index is 1.53. The molecule has 0 radical (unpaired) electrons. The van der Waals surface area contributed by atoms with Gasteiger partial charge in [0.05, 0.1) is 7.11 Å². The summed E-state index contributed by atoms with van der Waals surface area (Å²) in [5.41, 5.74) is 2.83. The Morgan fingerprint density at radius 1 is 1.12 bits per heavy atom. The third kappa shape index (κ3) is 2.79. The summed E-state index contributed by atoms with van der Waals surface area (Å²) in [6, 6.07) is 5.93. The van der Waals surface area contributed by atoms with Gasteiger partial charge in [0.1, 0.15) is 6.10 Å². The van der Waals surface area contributed by atoms with Crippen molar-refractivity contribution in [3.05, 3.63) is 29.5 Å². The number of fused-ring (bicyclic) bond motifs is 2. The molecule has 4 heteroatoms. The van der Waals surface area contributed by atoms with Crippen molar-refractivity contribution in [2.45, 2.75) is 51.6 Å². The summed E-state index contributed by atoms with van der Waals surface area (Å²) in [7, 11) is 1.68. The molecule has 3 atom stereocenters. The molecule has 0 amide bonds. The fourth-order valence-electron chi connectivity index (χ4n) is 4.45. The Kier molecular flexibility index (Phi) is 3.99. The summed E-state index contributed by atoms with van der Waals surface area (Å²) in [6.07, 6.45) is 6.87. The van der Waals surface area contributed by atoms with Crippen molar-refractivity contribution in [2.75, 3.05) is 12.4 Å². The minimum absolute atomic E-state index is 0.240. The minimum Gasteiger partial charge on any atom is -0.493 e. The first-order valence-corrected chi connectivity index (χ1v) is 8.98. The lowest BCUT2D eigenvalue weighted by Crippen LogP contribution is -2.23. The first kappa shape index (κ1) is 15.6. The van der Waals surface area contributed by atoms with Gasteiger partial charge in [-0.15, -0.1) is 0 Å². The van der Waals surface area contributed by atoms with E-state index in [1.807, 2.05) is 25.1 Å². The first-order chi connectivity index (χ1) is 11.6. The molecule has 4 nitrogen and oxygen atoms in total. The number of methoxy groups -OCH3 is 1. The van der Waals surface area contributed by atoms with Crippen LogP contribution in [0.4, 0.5) is 5.69 Å². The fourth-order valence-corrected chi connectivity index (χ4v) is 4.45. The predicted octanol–water partition coefficient (Wildman–Crippen LogP) is 4.31.